The predicted octanol–water partition coefficient (Wildman–Crippen LogP) is 3.40. The molecule has 0 amide bonds. The normalized spacial score (nSPS) is 17.3. The van der Waals surface area contributed by atoms with Gasteiger partial charge in [-0.3, -0.25) is 4.99 Å². The minimum atomic E-state index is -3.67. The van der Waals surface area contributed by atoms with E-state index < -0.39 is 16.3 Å². The standard InChI is InChI=1S/C31H32N4O4S/c1-24(23-36)33-40(37,38)35-18-16-34(17-19-35)28-12-9-25(10-13-28)7-8-26-11-14-31-29(21-26)30(15-20-39-31)32-22-27-5-3-2-4-6-27/h2-6,9-14,21,23-24,33H,15-20,22H2,1H3/b32-30-/t24-/m1/s1. The van der Waals surface area contributed by atoms with E-state index in [2.05, 4.69) is 39.7 Å². The molecule has 0 aromatic heterocycles. The molecule has 3 aromatic carbocycles. The molecule has 5 rings (SSSR count). The topological polar surface area (TPSA) is 91.3 Å². The van der Waals surface area contributed by atoms with Crippen LogP contribution in [0.4, 0.5) is 5.69 Å². The maximum Gasteiger partial charge on any atom is 0.280 e. The molecule has 2 heterocycles. The Morgan fingerprint density at radius 1 is 0.975 bits per heavy atom. The molecule has 2 aliphatic rings. The Morgan fingerprint density at radius 2 is 1.68 bits per heavy atom. The van der Waals surface area contributed by atoms with E-state index in [1.165, 1.54) is 16.8 Å². The average molecular weight is 557 g/mol. The molecule has 0 aliphatic carbocycles. The van der Waals surface area contributed by atoms with E-state index in [1.54, 1.807) is 0 Å². The van der Waals surface area contributed by atoms with Gasteiger partial charge in [0.25, 0.3) is 10.2 Å². The summed E-state index contributed by atoms with van der Waals surface area (Å²) in [5.41, 5.74) is 6.03. The lowest BCUT2D eigenvalue weighted by Crippen LogP contribution is -2.53. The van der Waals surface area contributed by atoms with Gasteiger partial charge in [0.05, 0.1) is 19.2 Å². The van der Waals surface area contributed by atoms with Gasteiger partial charge in [-0.25, -0.2) is 0 Å². The molecule has 8 nitrogen and oxygen atoms in total. The lowest BCUT2D eigenvalue weighted by atomic mass is 10.0. The van der Waals surface area contributed by atoms with Gasteiger partial charge < -0.3 is 14.4 Å². The Balaban J connectivity index is 1.23. The Labute approximate surface area is 235 Å². The van der Waals surface area contributed by atoms with Crippen LogP contribution in [0, 0.1) is 11.8 Å². The van der Waals surface area contributed by atoms with Crippen LogP contribution in [0.25, 0.3) is 0 Å². The number of anilines is 1. The van der Waals surface area contributed by atoms with Gasteiger partial charge in [-0.2, -0.15) is 17.4 Å². The first kappa shape index (κ1) is 27.6. The summed E-state index contributed by atoms with van der Waals surface area (Å²) in [5.74, 6) is 7.36. The molecule has 206 valence electrons. The molecule has 1 fully saturated rings. The van der Waals surface area contributed by atoms with Crippen LogP contribution in [0.3, 0.4) is 0 Å². The molecular weight excluding hydrogens is 524 g/mol. The number of hydrogen-bond acceptors (Lipinski definition) is 6. The SMILES string of the molecule is C[C@H](C=O)NS(=O)(=O)N1CCN(c2ccc(C#Cc3ccc4c(c3)/C(=N\Cc3ccccc3)CCO4)cc2)CC1. The van der Waals surface area contributed by atoms with E-state index in [0.29, 0.717) is 45.6 Å². The minimum absolute atomic E-state index is 0.348. The molecule has 1 atom stereocenters. The smallest absolute Gasteiger partial charge is 0.280 e. The first-order valence-corrected chi connectivity index (χ1v) is 14.8. The molecule has 0 saturated carbocycles. The number of hydrogen-bond donors (Lipinski definition) is 1. The molecular formula is C31H32N4O4S. The summed E-state index contributed by atoms with van der Waals surface area (Å²) in [6, 6.07) is 23.4. The van der Waals surface area contributed by atoms with Crippen LogP contribution < -0.4 is 14.4 Å². The zero-order valence-electron chi connectivity index (χ0n) is 22.4. The number of nitrogens with zero attached hydrogens (tertiary/aromatic N) is 3. The fourth-order valence-corrected chi connectivity index (χ4v) is 6.03. The van der Waals surface area contributed by atoms with Crippen molar-refractivity contribution in [1.82, 2.24) is 9.03 Å². The number of aldehydes is 1. The second-order valence-electron chi connectivity index (χ2n) is 9.79. The van der Waals surface area contributed by atoms with Crippen molar-refractivity contribution in [3.63, 3.8) is 0 Å². The van der Waals surface area contributed by atoms with Crippen molar-refractivity contribution in [3.05, 3.63) is 95.1 Å². The fraction of sp³-hybridized carbons (Fsp3) is 0.290. The Hall–Kier alpha value is -3.97. The monoisotopic (exact) mass is 556 g/mol. The molecule has 9 heteroatoms. The molecule has 3 aromatic rings. The van der Waals surface area contributed by atoms with Gasteiger partial charge in [-0.15, -0.1) is 0 Å². The highest BCUT2D eigenvalue weighted by Gasteiger charge is 2.28. The van der Waals surface area contributed by atoms with Crippen LogP contribution in [0.1, 0.15) is 35.6 Å². The third kappa shape index (κ3) is 6.77. The number of aliphatic imine (C=N–C) groups is 1. The van der Waals surface area contributed by atoms with Crippen LogP contribution >= 0.6 is 0 Å². The Kier molecular flexibility index (Phi) is 8.60. The number of rotatable bonds is 7. The van der Waals surface area contributed by atoms with Crippen molar-refractivity contribution in [1.29, 1.82) is 0 Å². The van der Waals surface area contributed by atoms with E-state index in [0.717, 1.165) is 40.3 Å². The minimum Gasteiger partial charge on any atom is -0.492 e. The zero-order chi connectivity index (χ0) is 28.0. The van der Waals surface area contributed by atoms with Gasteiger partial charge >= 0.3 is 0 Å². The molecule has 2 aliphatic heterocycles. The van der Waals surface area contributed by atoms with Crippen molar-refractivity contribution in [3.8, 4) is 17.6 Å². The van der Waals surface area contributed by atoms with E-state index in [4.69, 9.17) is 9.73 Å². The molecule has 0 unspecified atom stereocenters. The highest BCUT2D eigenvalue weighted by molar-refractivity contribution is 7.87. The van der Waals surface area contributed by atoms with E-state index in [1.807, 2.05) is 54.6 Å². The predicted molar refractivity (Wildman–Crippen MR) is 157 cm³/mol. The number of ether oxygens (including phenoxy) is 1. The van der Waals surface area contributed by atoms with E-state index in [-0.39, 0.29) is 0 Å². The zero-order valence-corrected chi connectivity index (χ0v) is 23.2. The number of carbonyl (C=O) groups excluding carboxylic acids is 1. The van der Waals surface area contributed by atoms with Crippen molar-refractivity contribution < 1.29 is 17.9 Å². The number of benzene rings is 3. The highest BCUT2D eigenvalue weighted by atomic mass is 32.2. The van der Waals surface area contributed by atoms with Crippen LogP contribution in [0.2, 0.25) is 0 Å². The summed E-state index contributed by atoms with van der Waals surface area (Å²) >= 11 is 0. The maximum atomic E-state index is 12.4. The first-order chi connectivity index (χ1) is 19.4. The average Bonchev–Trinajstić information content (AvgIpc) is 2.99. The summed E-state index contributed by atoms with van der Waals surface area (Å²) in [6.45, 7) is 4.60. The van der Waals surface area contributed by atoms with Crippen LogP contribution in [-0.4, -0.2) is 63.5 Å². The molecule has 40 heavy (non-hydrogen) atoms. The summed E-state index contributed by atoms with van der Waals surface area (Å²) in [5, 5.41) is 0. The third-order valence-corrected chi connectivity index (χ3v) is 8.60. The number of piperazine rings is 1. The summed E-state index contributed by atoms with van der Waals surface area (Å²) in [4.78, 5) is 17.8. The van der Waals surface area contributed by atoms with Gasteiger partial charge in [0.1, 0.15) is 12.0 Å². The van der Waals surface area contributed by atoms with Crippen molar-refractivity contribution in [2.24, 2.45) is 4.99 Å². The lowest BCUT2D eigenvalue weighted by molar-refractivity contribution is -0.108. The van der Waals surface area contributed by atoms with Gasteiger partial charge in [0.2, 0.25) is 0 Å². The van der Waals surface area contributed by atoms with Crippen LogP contribution in [-0.2, 0) is 21.5 Å². The van der Waals surface area contributed by atoms with Gasteiger partial charge in [-0.1, -0.05) is 42.2 Å². The summed E-state index contributed by atoms with van der Waals surface area (Å²) in [7, 11) is -3.67. The molecule has 1 N–H and O–H groups in total. The quantitative estimate of drug-likeness (QED) is 0.356. The van der Waals surface area contributed by atoms with E-state index in [9.17, 15) is 13.2 Å². The fourth-order valence-electron chi connectivity index (χ4n) is 4.71. The Morgan fingerprint density at radius 3 is 2.40 bits per heavy atom. The second-order valence-corrected chi connectivity index (χ2v) is 11.5. The second kappa shape index (κ2) is 12.5. The van der Waals surface area contributed by atoms with Gasteiger partial charge in [0, 0.05) is 60.7 Å². The first-order valence-electron chi connectivity index (χ1n) is 13.4. The third-order valence-electron chi connectivity index (χ3n) is 6.88. The van der Waals surface area contributed by atoms with Crippen molar-refractivity contribution in [2.45, 2.75) is 25.9 Å². The summed E-state index contributed by atoms with van der Waals surface area (Å²) in [6.07, 6.45) is 1.35. The lowest BCUT2D eigenvalue weighted by Gasteiger charge is -2.35. The van der Waals surface area contributed by atoms with Crippen molar-refractivity contribution >= 4 is 27.9 Å². The maximum absolute atomic E-state index is 12.4. The van der Waals surface area contributed by atoms with Gasteiger partial charge in [0.15, 0.2) is 0 Å². The number of nitrogens with one attached hydrogen (secondary N) is 1. The van der Waals surface area contributed by atoms with Crippen LogP contribution in [0.15, 0.2) is 77.8 Å². The van der Waals surface area contributed by atoms with E-state index >= 15 is 0 Å². The van der Waals surface area contributed by atoms with Gasteiger partial charge in [-0.05, 0) is 55.0 Å². The summed E-state index contributed by atoms with van der Waals surface area (Å²) < 4.78 is 34.5. The molecule has 0 radical (unpaired) electrons. The molecule has 0 spiro atoms. The van der Waals surface area contributed by atoms with Crippen LogP contribution in [0.5, 0.6) is 5.75 Å². The highest BCUT2D eigenvalue weighted by Crippen LogP contribution is 2.27. The van der Waals surface area contributed by atoms with Crippen molar-refractivity contribution in [2.75, 3.05) is 37.7 Å². The largest absolute Gasteiger partial charge is 0.492 e. The molecule has 0 bridgehead atoms. The Bertz CT molecular complexity index is 1540. The number of fused-ring (bicyclic) bond motifs is 1. The number of carbonyl (C=O) groups is 1. The molecule has 1 saturated heterocycles.